The molecule has 0 amide bonds. The van der Waals surface area contributed by atoms with Crippen LogP contribution in [0.1, 0.15) is 54.5 Å². The van der Waals surface area contributed by atoms with Crippen molar-refractivity contribution in [2.75, 3.05) is 25.0 Å². The lowest BCUT2D eigenvalue weighted by molar-refractivity contribution is -0.138. The summed E-state index contributed by atoms with van der Waals surface area (Å²) in [5.74, 6) is 0.109. The summed E-state index contributed by atoms with van der Waals surface area (Å²) in [6, 6.07) is 14.2. The van der Waals surface area contributed by atoms with Crippen molar-refractivity contribution in [2.45, 2.75) is 50.1 Å². The van der Waals surface area contributed by atoms with Gasteiger partial charge in [0.2, 0.25) is 0 Å². The third kappa shape index (κ3) is 3.83. The number of rotatable bonds is 3. The molecule has 3 heterocycles. The monoisotopic (exact) mass is 416 g/mol. The van der Waals surface area contributed by atoms with Gasteiger partial charge in [-0.2, -0.15) is 13.2 Å². The van der Waals surface area contributed by atoms with Crippen LogP contribution in [0.2, 0.25) is 0 Å². The molecular formula is C24H27F3N2O. The van der Waals surface area contributed by atoms with Crippen LogP contribution in [-0.4, -0.2) is 30.6 Å². The number of hydrogen-bond acceptors (Lipinski definition) is 3. The van der Waals surface area contributed by atoms with Crippen molar-refractivity contribution in [3.05, 3.63) is 65.2 Å². The first kappa shape index (κ1) is 19.9. The maximum atomic E-state index is 13.4. The summed E-state index contributed by atoms with van der Waals surface area (Å²) in [5.41, 5.74) is 1.94. The molecule has 2 aromatic rings. The van der Waals surface area contributed by atoms with Gasteiger partial charge in [-0.25, -0.2) is 0 Å². The molecule has 0 saturated carbocycles. The summed E-state index contributed by atoms with van der Waals surface area (Å²) >= 11 is 0. The first-order valence-electron chi connectivity index (χ1n) is 10.9. The van der Waals surface area contributed by atoms with E-state index in [1.807, 2.05) is 18.2 Å². The number of halogens is 3. The molecule has 2 aromatic carbocycles. The average molecular weight is 416 g/mol. The number of hydrogen-bond donors (Lipinski definition) is 1. The van der Waals surface area contributed by atoms with Crippen molar-refractivity contribution < 1.29 is 17.9 Å². The summed E-state index contributed by atoms with van der Waals surface area (Å²) in [5, 5.41) is 3.52. The van der Waals surface area contributed by atoms with Crippen LogP contribution in [0.3, 0.4) is 0 Å². The van der Waals surface area contributed by atoms with Crippen molar-refractivity contribution >= 4 is 5.69 Å². The zero-order valence-corrected chi connectivity index (χ0v) is 16.9. The van der Waals surface area contributed by atoms with Crippen molar-refractivity contribution in [3.63, 3.8) is 0 Å². The fourth-order valence-corrected chi connectivity index (χ4v) is 5.31. The smallest absolute Gasteiger partial charge is 0.378 e. The number of fused-ring (bicyclic) bond motifs is 3. The molecule has 4 atom stereocenters. The minimum Gasteiger partial charge on any atom is -0.378 e. The van der Waals surface area contributed by atoms with Gasteiger partial charge in [-0.1, -0.05) is 30.3 Å². The second kappa shape index (κ2) is 7.89. The SMILES string of the molecule is FC(F)(F)c1ccc2c(c1)[C@H]1O[C@@H](CN3CCCC3)CC[C@H]1[C@H](c1ccccc1)N2. The van der Waals surface area contributed by atoms with E-state index in [-0.39, 0.29) is 24.2 Å². The largest absolute Gasteiger partial charge is 0.416 e. The van der Waals surface area contributed by atoms with Crippen LogP contribution in [0, 0.1) is 5.92 Å². The van der Waals surface area contributed by atoms with Crippen LogP contribution in [0.15, 0.2) is 48.5 Å². The molecule has 0 spiro atoms. The molecule has 3 aliphatic heterocycles. The predicted molar refractivity (Wildman–Crippen MR) is 110 cm³/mol. The lowest BCUT2D eigenvalue weighted by Crippen LogP contribution is -2.42. The summed E-state index contributed by atoms with van der Waals surface area (Å²) in [4.78, 5) is 2.42. The Labute approximate surface area is 175 Å². The molecule has 0 aliphatic carbocycles. The number of anilines is 1. The summed E-state index contributed by atoms with van der Waals surface area (Å²) in [6.45, 7) is 3.06. The van der Waals surface area contributed by atoms with Gasteiger partial charge in [0.05, 0.1) is 23.8 Å². The summed E-state index contributed by atoms with van der Waals surface area (Å²) in [7, 11) is 0. The highest BCUT2D eigenvalue weighted by atomic mass is 19.4. The van der Waals surface area contributed by atoms with Crippen molar-refractivity contribution in [3.8, 4) is 0 Å². The number of nitrogens with one attached hydrogen (secondary N) is 1. The van der Waals surface area contributed by atoms with Crippen LogP contribution in [0.4, 0.5) is 18.9 Å². The van der Waals surface area contributed by atoms with E-state index in [9.17, 15) is 13.2 Å². The van der Waals surface area contributed by atoms with Crippen molar-refractivity contribution in [1.82, 2.24) is 4.90 Å². The fraction of sp³-hybridized carbons (Fsp3) is 0.500. The molecule has 0 aromatic heterocycles. The van der Waals surface area contributed by atoms with Crippen LogP contribution < -0.4 is 5.32 Å². The van der Waals surface area contributed by atoms with Gasteiger partial charge in [0, 0.05) is 23.7 Å². The molecule has 3 aliphatic rings. The van der Waals surface area contributed by atoms with E-state index in [0.717, 1.165) is 43.7 Å². The highest BCUT2D eigenvalue weighted by Crippen LogP contribution is 2.51. The van der Waals surface area contributed by atoms with E-state index in [1.54, 1.807) is 6.07 Å². The van der Waals surface area contributed by atoms with Gasteiger partial charge in [-0.05, 0) is 62.5 Å². The molecule has 1 N–H and O–H groups in total. The van der Waals surface area contributed by atoms with E-state index in [4.69, 9.17) is 4.74 Å². The maximum Gasteiger partial charge on any atom is 0.416 e. The molecule has 0 radical (unpaired) electrons. The lowest BCUT2D eigenvalue weighted by Gasteiger charge is -2.46. The standard InChI is InChI=1S/C24H27F3N2O/c25-24(26,27)17-8-11-21-20(14-17)23-19(22(28-21)16-6-2-1-3-7-16)10-9-18(30-23)15-29-12-4-5-13-29/h1-3,6-8,11,14,18-19,22-23,28H,4-5,9-10,12-13,15H2/t18-,19+,22+,23+/m1/s1. The molecule has 2 saturated heterocycles. The van der Waals surface area contributed by atoms with E-state index in [1.165, 1.54) is 25.0 Å². The Bertz CT molecular complexity index is 880. The second-order valence-electron chi connectivity index (χ2n) is 8.76. The Morgan fingerprint density at radius 2 is 1.77 bits per heavy atom. The van der Waals surface area contributed by atoms with Crippen LogP contribution in [-0.2, 0) is 10.9 Å². The van der Waals surface area contributed by atoms with Gasteiger partial charge < -0.3 is 15.0 Å². The molecule has 6 heteroatoms. The highest BCUT2D eigenvalue weighted by molar-refractivity contribution is 5.58. The second-order valence-corrected chi connectivity index (χ2v) is 8.76. The molecule has 5 rings (SSSR count). The zero-order chi connectivity index (χ0) is 20.7. The van der Waals surface area contributed by atoms with Crippen LogP contribution in [0.25, 0.3) is 0 Å². The number of ether oxygens (including phenoxy) is 1. The molecule has 160 valence electrons. The molecule has 2 fully saturated rings. The van der Waals surface area contributed by atoms with E-state index in [2.05, 4.69) is 22.3 Å². The van der Waals surface area contributed by atoms with Gasteiger partial charge in [0.1, 0.15) is 0 Å². The quantitative estimate of drug-likeness (QED) is 0.684. The zero-order valence-electron chi connectivity index (χ0n) is 16.9. The van der Waals surface area contributed by atoms with Crippen LogP contribution in [0.5, 0.6) is 0 Å². The Morgan fingerprint density at radius 1 is 1.00 bits per heavy atom. The van der Waals surface area contributed by atoms with Gasteiger partial charge in [-0.15, -0.1) is 0 Å². The normalized spacial score (nSPS) is 29.2. The van der Waals surface area contributed by atoms with Crippen LogP contribution >= 0.6 is 0 Å². The van der Waals surface area contributed by atoms with Crippen molar-refractivity contribution in [1.29, 1.82) is 0 Å². The van der Waals surface area contributed by atoms with E-state index in [0.29, 0.717) is 5.56 Å². The average Bonchev–Trinajstić information content (AvgIpc) is 3.26. The Hall–Kier alpha value is -2.05. The maximum absolute atomic E-state index is 13.4. The number of likely N-dealkylation sites (tertiary alicyclic amines) is 1. The predicted octanol–water partition coefficient (Wildman–Crippen LogP) is 5.80. The highest BCUT2D eigenvalue weighted by Gasteiger charge is 2.43. The molecule has 0 unspecified atom stereocenters. The Morgan fingerprint density at radius 3 is 2.50 bits per heavy atom. The fourth-order valence-electron chi connectivity index (χ4n) is 5.31. The minimum atomic E-state index is -4.36. The summed E-state index contributed by atoms with van der Waals surface area (Å²) < 4.78 is 46.8. The molecule has 30 heavy (non-hydrogen) atoms. The van der Waals surface area contributed by atoms with E-state index >= 15 is 0 Å². The Balaban J connectivity index is 1.48. The molecule has 0 bridgehead atoms. The molecular weight excluding hydrogens is 389 g/mol. The van der Waals surface area contributed by atoms with Gasteiger partial charge in [0.15, 0.2) is 0 Å². The third-order valence-corrected chi connectivity index (χ3v) is 6.79. The minimum absolute atomic E-state index is 0.0353. The first-order valence-corrected chi connectivity index (χ1v) is 10.9. The van der Waals surface area contributed by atoms with Gasteiger partial charge in [-0.3, -0.25) is 0 Å². The first-order chi connectivity index (χ1) is 14.5. The lowest BCUT2D eigenvalue weighted by atomic mass is 9.76. The molecule has 3 nitrogen and oxygen atoms in total. The Kier molecular flexibility index (Phi) is 5.23. The number of nitrogens with zero attached hydrogens (tertiary/aromatic N) is 1. The topological polar surface area (TPSA) is 24.5 Å². The van der Waals surface area contributed by atoms with Crippen molar-refractivity contribution in [2.24, 2.45) is 5.92 Å². The van der Waals surface area contributed by atoms with Gasteiger partial charge >= 0.3 is 6.18 Å². The number of alkyl halides is 3. The summed E-state index contributed by atoms with van der Waals surface area (Å²) in [6.07, 6.45) is -0.295. The number of benzene rings is 2. The third-order valence-electron chi connectivity index (χ3n) is 6.79. The van der Waals surface area contributed by atoms with Gasteiger partial charge in [0.25, 0.3) is 0 Å². The van der Waals surface area contributed by atoms with E-state index < -0.39 is 11.7 Å².